The van der Waals surface area contributed by atoms with E-state index in [0.29, 0.717) is 24.4 Å². The Morgan fingerprint density at radius 2 is 1.88 bits per heavy atom. The second kappa shape index (κ2) is 6.45. The molecular weight excluding hydrogens is 224 g/mol. The molecule has 0 spiro atoms. The van der Waals surface area contributed by atoms with Crippen molar-refractivity contribution in [2.75, 3.05) is 13.1 Å². The van der Waals surface area contributed by atoms with Gasteiger partial charge in [-0.1, -0.05) is 12.8 Å². The molecule has 0 bridgehead atoms. The lowest BCUT2D eigenvalue weighted by Crippen LogP contribution is -2.40. The van der Waals surface area contributed by atoms with Crippen LogP contribution in [0.3, 0.4) is 0 Å². The first kappa shape index (κ1) is 13.8. The monoisotopic (exact) mass is 246 g/mol. The lowest BCUT2D eigenvalue weighted by molar-refractivity contribution is -0.132. The summed E-state index contributed by atoms with van der Waals surface area (Å²) in [4.78, 5) is 14.1. The Kier molecular flexibility index (Phi) is 5.56. The first-order valence-corrected chi connectivity index (χ1v) is 6.31. The number of likely N-dealkylation sites (tertiary alicyclic amines) is 1. The van der Waals surface area contributed by atoms with E-state index < -0.39 is 0 Å². The van der Waals surface area contributed by atoms with Crippen LogP contribution < -0.4 is 5.73 Å². The van der Waals surface area contributed by atoms with Gasteiger partial charge in [0.05, 0.1) is 0 Å². The van der Waals surface area contributed by atoms with E-state index in [0.717, 1.165) is 25.8 Å². The zero-order valence-electron chi connectivity index (χ0n) is 9.86. The predicted molar refractivity (Wildman–Crippen MR) is 67.6 cm³/mol. The van der Waals surface area contributed by atoms with Crippen LogP contribution in [0.15, 0.2) is 0 Å². The fraction of sp³-hybridized carbons (Fsp3) is 0.917. The molecule has 2 fully saturated rings. The van der Waals surface area contributed by atoms with Crippen LogP contribution in [0.25, 0.3) is 0 Å². The molecule has 2 rings (SSSR count). The molecule has 1 amide bonds. The van der Waals surface area contributed by atoms with Crippen LogP contribution in [0, 0.1) is 5.92 Å². The molecule has 0 radical (unpaired) electrons. The van der Waals surface area contributed by atoms with Gasteiger partial charge in [-0.25, -0.2) is 0 Å². The summed E-state index contributed by atoms with van der Waals surface area (Å²) in [7, 11) is 0. The molecule has 0 aromatic carbocycles. The number of hydrogen-bond acceptors (Lipinski definition) is 2. The zero-order valence-corrected chi connectivity index (χ0v) is 10.7. The molecule has 0 aromatic rings. The van der Waals surface area contributed by atoms with Crippen LogP contribution in [-0.4, -0.2) is 29.9 Å². The van der Waals surface area contributed by atoms with E-state index in [4.69, 9.17) is 5.73 Å². The summed E-state index contributed by atoms with van der Waals surface area (Å²) in [6.07, 6.45) is 8.16. The smallest absolute Gasteiger partial charge is 0.223 e. The lowest BCUT2D eigenvalue weighted by Gasteiger charge is -2.24. The van der Waals surface area contributed by atoms with Gasteiger partial charge in [-0.15, -0.1) is 12.4 Å². The third-order valence-electron chi connectivity index (χ3n) is 3.91. The maximum atomic E-state index is 12.0. The van der Waals surface area contributed by atoms with Crippen LogP contribution in [0.5, 0.6) is 0 Å². The summed E-state index contributed by atoms with van der Waals surface area (Å²) < 4.78 is 0. The third-order valence-corrected chi connectivity index (χ3v) is 3.91. The Labute approximate surface area is 104 Å². The van der Waals surface area contributed by atoms with Gasteiger partial charge in [-0.2, -0.15) is 0 Å². The SMILES string of the molecule is Cl.NCC1CCCN1C(=O)CC1CCCC1. The molecule has 1 aliphatic carbocycles. The largest absolute Gasteiger partial charge is 0.338 e. The van der Waals surface area contributed by atoms with Gasteiger partial charge in [0.15, 0.2) is 0 Å². The Bertz CT molecular complexity index is 229. The van der Waals surface area contributed by atoms with Gasteiger partial charge < -0.3 is 10.6 Å². The predicted octanol–water partition coefficient (Wildman–Crippen LogP) is 1.94. The quantitative estimate of drug-likeness (QED) is 0.827. The highest BCUT2D eigenvalue weighted by Gasteiger charge is 2.29. The molecule has 94 valence electrons. The molecule has 1 saturated heterocycles. The number of carbonyl (C=O) groups is 1. The number of rotatable bonds is 3. The molecule has 4 heteroatoms. The van der Waals surface area contributed by atoms with Gasteiger partial charge in [-0.05, 0) is 31.6 Å². The summed E-state index contributed by atoms with van der Waals surface area (Å²) in [5.41, 5.74) is 5.68. The van der Waals surface area contributed by atoms with Crippen molar-refractivity contribution in [2.45, 2.75) is 51.0 Å². The summed E-state index contributed by atoms with van der Waals surface area (Å²) in [5, 5.41) is 0. The fourth-order valence-electron chi connectivity index (χ4n) is 2.99. The number of halogens is 1. The molecule has 3 nitrogen and oxygen atoms in total. The highest BCUT2D eigenvalue weighted by Crippen LogP contribution is 2.29. The van der Waals surface area contributed by atoms with Gasteiger partial charge in [0, 0.05) is 25.6 Å². The maximum Gasteiger partial charge on any atom is 0.223 e. The van der Waals surface area contributed by atoms with E-state index in [9.17, 15) is 4.79 Å². The van der Waals surface area contributed by atoms with Crippen LogP contribution in [0.4, 0.5) is 0 Å². The Hall–Kier alpha value is -0.280. The minimum atomic E-state index is 0. The van der Waals surface area contributed by atoms with E-state index in [1.165, 1.54) is 25.7 Å². The fourth-order valence-corrected chi connectivity index (χ4v) is 2.99. The minimum absolute atomic E-state index is 0. The van der Waals surface area contributed by atoms with Gasteiger partial charge in [0.1, 0.15) is 0 Å². The average molecular weight is 247 g/mol. The van der Waals surface area contributed by atoms with Crippen molar-refractivity contribution in [3.05, 3.63) is 0 Å². The number of nitrogens with zero attached hydrogens (tertiary/aromatic N) is 1. The molecule has 1 atom stereocenters. The van der Waals surface area contributed by atoms with E-state index >= 15 is 0 Å². The van der Waals surface area contributed by atoms with Crippen LogP contribution >= 0.6 is 12.4 Å². The molecule has 2 N–H and O–H groups in total. The van der Waals surface area contributed by atoms with Gasteiger partial charge in [-0.3, -0.25) is 4.79 Å². The van der Waals surface area contributed by atoms with Crippen molar-refractivity contribution in [2.24, 2.45) is 11.7 Å². The second-order valence-corrected chi connectivity index (χ2v) is 4.97. The molecule has 1 unspecified atom stereocenters. The first-order valence-electron chi connectivity index (χ1n) is 6.31. The van der Waals surface area contributed by atoms with Crippen molar-refractivity contribution in [3.63, 3.8) is 0 Å². The van der Waals surface area contributed by atoms with Crippen LogP contribution in [-0.2, 0) is 4.79 Å². The number of hydrogen-bond donors (Lipinski definition) is 1. The molecule has 16 heavy (non-hydrogen) atoms. The van der Waals surface area contributed by atoms with Crippen molar-refractivity contribution in [1.29, 1.82) is 0 Å². The Morgan fingerprint density at radius 1 is 1.19 bits per heavy atom. The standard InChI is InChI=1S/C12H22N2O.ClH/c13-9-11-6-3-7-14(11)12(15)8-10-4-1-2-5-10;/h10-11H,1-9,13H2;1H. The Morgan fingerprint density at radius 3 is 2.50 bits per heavy atom. The Balaban J connectivity index is 0.00000128. The van der Waals surface area contributed by atoms with Crippen molar-refractivity contribution in [3.8, 4) is 0 Å². The minimum Gasteiger partial charge on any atom is -0.338 e. The van der Waals surface area contributed by atoms with E-state index in [1.807, 2.05) is 4.90 Å². The number of amides is 1. The molecule has 1 saturated carbocycles. The topological polar surface area (TPSA) is 46.3 Å². The van der Waals surface area contributed by atoms with Gasteiger partial charge in [0.25, 0.3) is 0 Å². The van der Waals surface area contributed by atoms with Crippen molar-refractivity contribution < 1.29 is 4.79 Å². The van der Waals surface area contributed by atoms with Gasteiger partial charge in [0.2, 0.25) is 5.91 Å². The maximum absolute atomic E-state index is 12.0. The van der Waals surface area contributed by atoms with E-state index in [-0.39, 0.29) is 12.4 Å². The third kappa shape index (κ3) is 3.11. The summed E-state index contributed by atoms with van der Waals surface area (Å²) >= 11 is 0. The summed E-state index contributed by atoms with van der Waals surface area (Å²) in [6, 6.07) is 0.332. The first-order chi connectivity index (χ1) is 7.31. The molecule has 0 aromatic heterocycles. The molecule has 1 heterocycles. The van der Waals surface area contributed by atoms with Crippen LogP contribution in [0.1, 0.15) is 44.9 Å². The number of nitrogens with two attached hydrogens (primary N) is 1. The highest BCUT2D eigenvalue weighted by atomic mass is 35.5. The molecule has 2 aliphatic rings. The summed E-state index contributed by atoms with van der Waals surface area (Å²) in [5.74, 6) is 1.02. The van der Waals surface area contributed by atoms with Crippen LogP contribution in [0.2, 0.25) is 0 Å². The zero-order chi connectivity index (χ0) is 10.7. The van der Waals surface area contributed by atoms with E-state index in [2.05, 4.69) is 0 Å². The average Bonchev–Trinajstić information content (AvgIpc) is 2.86. The lowest BCUT2D eigenvalue weighted by atomic mass is 10.0. The number of carbonyl (C=O) groups excluding carboxylic acids is 1. The second-order valence-electron chi connectivity index (χ2n) is 4.97. The molecular formula is C12H23ClN2O. The summed E-state index contributed by atoms with van der Waals surface area (Å²) in [6.45, 7) is 1.57. The van der Waals surface area contributed by atoms with E-state index in [1.54, 1.807) is 0 Å². The highest BCUT2D eigenvalue weighted by molar-refractivity contribution is 5.85. The van der Waals surface area contributed by atoms with Crippen molar-refractivity contribution in [1.82, 2.24) is 4.90 Å². The normalized spacial score (nSPS) is 25.8. The van der Waals surface area contributed by atoms with Gasteiger partial charge >= 0.3 is 0 Å². The van der Waals surface area contributed by atoms with Crippen molar-refractivity contribution >= 4 is 18.3 Å². The molecule has 1 aliphatic heterocycles.